The lowest BCUT2D eigenvalue weighted by Crippen LogP contribution is -2.54. The summed E-state index contributed by atoms with van der Waals surface area (Å²) in [6.45, 7) is 7.92. The molecule has 0 spiro atoms. The van der Waals surface area contributed by atoms with Gasteiger partial charge in [0.25, 0.3) is 10.0 Å². The molecule has 0 radical (unpaired) electrons. The minimum Gasteiger partial charge on any atom is -0.354 e. The van der Waals surface area contributed by atoms with Crippen LogP contribution in [-0.2, 0) is 32.6 Å². The van der Waals surface area contributed by atoms with E-state index in [-0.39, 0.29) is 29.7 Å². The molecule has 0 aliphatic heterocycles. The van der Waals surface area contributed by atoms with Crippen molar-refractivity contribution in [3.63, 3.8) is 0 Å². The summed E-state index contributed by atoms with van der Waals surface area (Å²) >= 11 is 0. The maximum atomic E-state index is 14.5. The molecule has 0 fully saturated rings. The number of carbonyl (C=O) groups excluding carboxylic acids is 2. The second-order valence-electron chi connectivity index (χ2n) is 11.4. The summed E-state index contributed by atoms with van der Waals surface area (Å²) in [5, 5.41) is 3.02. The zero-order chi connectivity index (χ0) is 31.7. The van der Waals surface area contributed by atoms with Gasteiger partial charge in [-0.25, -0.2) is 8.42 Å². The molecule has 0 saturated heterocycles. The Morgan fingerprint density at radius 2 is 1.32 bits per heavy atom. The SMILES string of the molecule is Cc1ccccc1CN(C(=O)CN(c1ccccc1C)S(=O)(=O)c1ccccc1)[C@@H](Cc1ccccc1)C(=O)NCC(C)C. The third-order valence-corrected chi connectivity index (χ3v) is 9.33. The number of aryl methyl sites for hydroxylation is 2. The summed E-state index contributed by atoms with van der Waals surface area (Å²) in [5.41, 5.74) is 3.86. The second-order valence-corrected chi connectivity index (χ2v) is 13.3. The summed E-state index contributed by atoms with van der Waals surface area (Å²) < 4.78 is 29.4. The van der Waals surface area contributed by atoms with Crippen molar-refractivity contribution < 1.29 is 18.0 Å². The first kappa shape index (κ1) is 32.5. The molecule has 1 atom stereocenters. The van der Waals surface area contributed by atoms with Crippen molar-refractivity contribution in [1.82, 2.24) is 10.2 Å². The van der Waals surface area contributed by atoms with Gasteiger partial charge in [0.05, 0.1) is 10.6 Å². The van der Waals surface area contributed by atoms with Gasteiger partial charge in [0.2, 0.25) is 11.8 Å². The van der Waals surface area contributed by atoms with Gasteiger partial charge >= 0.3 is 0 Å². The molecule has 0 saturated carbocycles. The van der Waals surface area contributed by atoms with Crippen LogP contribution in [0.25, 0.3) is 0 Å². The highest BCUT2D eigenvalue weighted by Crippen LogP contribution is 2.28. The molecule has 0 unspecified atom stereocenters. The smallest absolute Gasteiger partial charge is 0.264 e. The standard InChI is InChI=1S/C36H41N3O4S/c1-27(2)24-37-36(41)34(23-30-17-7-5-8-18-30)38(25-31-19-13-11-15-28(31)3)35(40)26-39(33-22-14-12-16-29(33)4)44(42,43)32-20-9-6-10-21-32/h5-22,27,34H,23-26H2,1-4H3,(H,37,41)/t34-/m0/s1. The average molecular weight is 612 g/mol. The fourth-order valence-electron chi connectivity index (χ4n) is 5.02. The van der Waals surface area contributed by atoms with E-state index in [4.69, 9.17) is 0 Å². The minimum atomic E-state index is -4.13. The molecule has 230 valence electrons. The Labute approximate surface area is 261 Å². The number of nitrogens with zero attached hydrogens (tertiary/aromatic N) is 2. The first-order valence-corrected chi connectivity index (χ1v) is 16.3. The third-order valence-electron chi connectivity index (χ3n) is 7.55. The summed E-state index contributed by atoms with van der Waals surface area (Å²) in [6.07, 6.45) is 0.276. The van der Waals surface area contributed by atoms with Crippen LogP contribution in [-0.4, -0.2) is 44.3 Å². The van der Waals surface area contributed by atoms with Crippen molar-refractivity contribution in [2.45, 2.75) is 51.6 Å². The maximum absolute atomic E-state index is 14.5. The monoisotopic (exact) mass is 611 g/mol. The van der Waals surface area contributed by atoms with Crippen LogP contribution in [0.5, 0.6) is 0 Å². The fraction of sp³-hybridized carbons (Fsp3) is 0.278. The molecule has 4 aromatic carbocycles. The Morgan fingerprint density at radius 1 is 0.750 bits per heavy atom. The quantitative estimate of drug-likeness (QED) is 0.204. The number of rotatable bonds is 13. The lowest BCUT2D eigenvalue weighted by atomic mass is 10.0. The molecular weight excluding hydrogens is 570 g/mol. The fourth-order valence-corrected chi connectivity index (χ4v) is 6.52. The second kappa shape index (κ2) is 14.8. The number of para-hydroxylation sites is 1. The summed E-state index contributed by atoms with van der Waals surface area (Å²) in [6, 6.07) is 31.6. The number of hydrogen-bond acceptors (Lipinski definition) is 4. The van der Waals surface area contributed by atoms with Gasteiger partial charge in [-0.2, -0.15) is 0 Å². The molecule has 7 nitrogen and oxygen atoms in total. The van der Waals surface area contributed by atoms with Crippen LogP contribution < -0.4 is 9.62 Å². The Morgan fingerprint density at radius 3 is 1.93 bits per heavy atom. The highest BCUT2D eigenvalue weighted by atomic mass is 32.2. The number of anilines is 1. The Kier molecular flexibility index (Phi) is 11.0. The molecule has 2 amide bonds. The van der Waals surface area contributed by atoms with E-state index in [1.807, 2.05) is 94.4 Å². The molecule has 4 aromatic rings. The number of hydrogen-bond donors (Lipinski definition) is 1. The Bertz CT molecular complexity index is 1660. The Balaban J connectivity index is 1.81. The molecule has 1 N–H and O–H groups in total. The topological polar surface area (TPSA) is 86.8 Å². The lowest BCUT2D eigenvalue weighted by molar-refractivity contribution is -0.140. The number of nitrogens with one attached hydrogen (secondary N) is 1. The van der Waals surface area contributed by atoms with E-state index < -0.39 is 28.5 Å². The highest BCUT2D eigenvalue weighted by molar-refractivity contribution is 7.92. The molecule has 44 heavy (non-hydrogen) atoms. The lowest BCUT2D eigenvalue weighted by Gasteiger charge is -2.34. The molecule has 0 aliphatic carbocycles. The van der Waals surface area contributed by atoms with Crippen molar-refractivity contribution in [1.29, 1.82) is 0 Å². The number of amides is 2. The average Bonchev–Trinajstić information content (AvgIpc) is 3.02. The normalized spacial score (nSPS) is 12.0. The van der Waals surface area contributed by atoms with Gasteiger partial charge in [-0.15, -0.1) is 0 Å². The van der Waals surface area contributed by atoms with Crippen molar-refractivity contribution in [2.75, 3.05) is 17.4 Å². The van der Waals surface area contributed by atoms with E-state index in [1.165, 1.54) is 17.0 Å². The first-order valence-electron chi connectivity index (χ1n) is 14.9. The van der Waals surface area contributed by atoms with Gasteiger partial charge < -0.3 is 10.2 Å². The van der Waals surface area contributed by atoms with Crippen LogP contribution in [0, 0.1) is 19.8 Å². The van der Waals surface area contributed by atoms with Crippen LogP contribution in [0.1, 0.15) is 36.1 Å². The largest absolute Gasteiger partial charge is 0.354 e. The summed E-state index contributed by atoms with van der Waals surface area (Å²) in [5.74, 6) is -0.543. The third kappa shape index (κ3) is 8.14. The van der Waals surface area contributed by atoms with Crippen LogP contribution in [0.4, 0.5) is 5.69 Å². The van der Waals surface area contributed by atoms with Gasteiger partial charge in [0.1, 0.15) is 12.6 Å². The molecule has 0 aliphatic rings. The van der Waals surface area contributed by atoms with Crippen LogP contribution in [0.3, 0.4) is 0 Å². The molecule has 8 heteroatoms. The van der Waals surface area contributed by atoms with Crippen molar-refractivity contribution in [3.05, 3.63) is 131 Å². The Hall–Kier alpha value is -4.43. The molecule has 0 aromatic heterocycles. The predicted molar refractivity (Wildman–Crippen MR) is 176 cm³/mol. The predicted octanol–water partition coefficient (Wildman–Crippen LogP) is 5.91. The van der Waals surface area contributed by atoms with Crippen LogP contribution in [0.2, 0.25) is 0 Å². The number of benzene rings is 4. The van der Waals surface area contributed by atoms with E-state index in [2.05, 4.69) is 5.32 Å². The number of sulfonamides is 1. The summed E-state index contributed by atoms with van der Waals surface area (Å²) in [7, 11) is -4.13. The molecule has 0 heterocycles. The zero-order valence-electron chi connectivity index (χ0n) is 25.8. The van der Waals surface area contributed by atoms with E-state index in [0.29, 0.717) is 17.8 Å². The van der Waals surface area contributed by atoms with E-state index in [9.17, 15) is 18.0 Å². The van der Waals surface area contributed by atoms with Gasteiger partial charge in [-0.3, -0.25) is 13.9 Å². The first-order chi connectivity index (χ1) is 21.1. The van der Waals surface area contributed by atoms with E-state index in [0.717, 1.165) is 21.0 Å². The molecular formula is C36H41N3O4S. The van der Waals surface area contributed by atoms with Gasteiger partial charge in [-0.1, -0.05) is 105 Å². The number of carbonyl (C=O) groups is 2. The molecule has 4 rings (SSSR count). The maximum Gasteiger partial charge on any atom is 0.264 e. The highest BCUT2D eigenvalue weighted by Gasteiger charge is 2.35. The molecule has 0 bridgehead atoms. The van der Waals surface area contributed by atoms with Gasteiger partial charge in [0.15, 0.2) is 0 Å². The van der Waals surface area contributed by atoms with Crippen molar-refractivity contribution in [2.24, 2.45) is 5.92 Å². The van der Waals surface area contributed by atoms with Crippen molar-refractivity contribution in [3.8, 4) is 0 Å². The van der Waals surface area contributed by atoms with Crippen molar-refractivity contribution >= 4 is 27.5 Å². The zero-order valence-corrected chi connectivity index (χ0v) is 26.6. The van der Waals surface area contributed by atoms with Crippen LogP contribution in [0.15, 0.2) is 114 Å². The minimum absolute atomic E-state index is 0.0806. The summed E-state index contributed by atoms with van der Waals surface area (Å²) in [4.78, 5) is 30.0. The van der Waals surface area contributed by atoms with Gasteiger partial charge in [0, 0.05) is 19.5 Å². The van der Waals surface area contributed by atoms with Crippen LogP contribution >= 0.6 is 0 Å². The van der Waals surface area contributed by atoms with Gasteiger partial charge in [-0.05, 0) is 60.2 Å². The van der Waals surface area contributed by atoms with E-state index >= 15 is 0 Å². The van der Waals surface area contributed by atoms with E-state index in [1.54, 1.807) is 30.3 Å².